The quantitative estimate of drug-likeness (QED) is 0.849. The van der Waals surface area contributed by atoms with Gasteiger partial charge in [0.15, 0.2) is 0 Å². The fraction of sp³-hybridized carbons (Fsp3) is 0.357. The number of hydrogen-bond donors (Lipinski definition) is 1. The van der Waals surface area contributed by atoms with Crippen LogP contribution in [-0.4, -0.2) is 4.98 Å². The van der Waals surface area contributed by atoms with Crippen LogP contribution in [0.25, 0.3) is 10.8 Å². The van der Waals surface area contributed by atoms with Crippen LogP contribution >= 0.6 is 0 Å². The maximum absolute atomic E-state index is 5.75. The van der Waals surface area contributed by atoms with E-state index < -0.39 is 0 Å². The molecule has 0 saturated heterocycles. The van der Waals surface area contributed by atoms with Gasteiger partial charge in [-0.2, -0.15) is 0 Å². The van der Waals surface area contributed by atoms with E-state index in [4.69, 9.17) is 5.73 Å². The molecular weight excluding hydrogens is 196 g/mol. The molecule has 0 aliphatic heterocycles. The summed E-state index contributed by atoms with van der Waals surface area (Å²) < 4.78 is 0. The fourth-order valence-electron chi connectivity index (χ4n) is 2.07. The molecule has 1 heterocycles. The summed E-state index contributed by atoms with van der Waals surface area (Å²) in [4.78, 5) is 4.45. The Morgan fingerprint density at radius 3 is 2.81 bits per heavy atom. The summed E-state index contributed by atoms with van der Waals surface area (Å²) in [6.45, 7) is 2.74. The first-order chi connectivity index (χ1) is 7.86. The van der Waals surface area contributed by atoms with Gasteiger partial charge in [-0.3, -0.25) is 4.98 Å². The lowest BCUT2D eigenvalue weighted by atomic mass is 9.99. The van der Waals surface area contributed by atoms with Gasteiger partial charge >= 0.3 is 0 Å². The number of aryl methyl sites for hydroxylation is 1. The second-order valence-electron chi connectivity index (χ2n) is 4.08. The summed E-state index contributed by atoms with van der Waals surface area (Å²) in [7, 11) is 0. The van der Waals surface area contributed by atoms with Gasteiger partial charge in [0.1, 0.15) is 0 Å². The van der Waals surface area contributed by atoms with Crippen molar-refractivity contribution in [2.45, 2.75) is 32.7 Å². The second kappa shape index (κ2) is 5.08. The molecule has 1 aromatic heterocycles. The van der Waals surface area contributed by atoms with Gasteiger partial charge in [-0.05, 0) is 23.8 Å². The van der Waals surface area contributed by atoms with Crippen molar-refractivity contribution in [2.75, 3.05) is 0 Å². The first-order valence-electron chi connectivity index (χ1n) is 5.92. The predicted molar refractivity (Wildman–Crippen MR) is 68.2 cm³/mol. The minimum absolute atomic E-state index is 0.532. The molecule has 2 aromatic rings. The van der Waals surface area contributed by atoms with Crippen molar-refractivity contribution >= 4 is 10.8 Å². The van der Waals surface area contributed by atoms with Crippen LogP contribution < -0.4 is 5.73 Å². The molecule has 0 atom stereocenters. The fourth-order valence-corrected chi connectivity index (χ4v) is 2.07. The Kier molecular flexibility index (Phi) is 3.52. The number of rotatable bonds is 4. The van der Waals surface area contributed by atoms with E-state index in [0.29, 0.717) is 6.54 Å². The van der Waals surface area contributed by atoms with Crippen LogP contribution in [0, 0.1) is 0 Å². The van der Waals surface area contributed by atoms with Crippen molar-refractivity contribution < 1.29 is 0 Å². The highest BCUT2D eigenvalue weighted by Crippen LogP contribution is 2.22. The van der Waals surface area contributed by atoms with E-state index in [-0.39, 0.29) is 0 Å². The Hall–Kier alpha value is -1.41. The summed E-state index contributed by atoms with van der Waals surface area (Å²) in [6.07, 6.45) is 5.40. The van der Waals surface area contributed by atoms with E-state index in [0.717, 1.165) is 12.1 Å². The van der Waals surface area contributed by atoms with E-state index in [9.17, 15) is 0 Å². The average molecular weight is 214 g/mol. The monoisotopic (exact) mass is 214 g/mol. The van der Waals surface area contributed by atoms with Gasteiger partial charge in [-0.25, -0.2) is 0 Å². The molecule has 0 spiro atoms. The van der Waals surface area contributed by atoms with Crippen molar-refractivity contribution in [1.82, 2.24) is 4.98 Å². The molecule has 0 amide bonds. The number of benzene rings is 1. The molecule has 0 bridgehead atoms. The standard InChI is InChI=1S/C14H18N2/c1-2-3-7-13-12-8-5-4-6-11(12)10-16-14(13)9-15/h4-6,8,10H,2-3,7,9,15H2,1H3. The molecule has 0 saturated carbocycles. The summed E-state index contributed by atoms with van der Waals surface area (Å²) in [5.41, 5.74) is 8.13. The molecule has 2 rings (SSSR count). The van der Waals surface area contributed by atoms with Crippen molar-refractivity contribution in [2.24, 2.45) is 5.73 Å². The van der Waals surface area contributed by atoms with Crippen LogP contribution in [0.1, 0.15) is 31.0 Å². The van der Waals surface area contributed by atoms with Gasteiger partial charge in [-0.1, -0.05) is 37.6 Å². The van der Waals surface area contributed by atoms with Crippen LogP contribution in [0.4, 0.5) is 0 Å². The normalized spacial score (nSPS) is 10.9. The molecule has 0 radical (unpaired) electrons. The molecule has 84 valence electrons. The molecule has 0 unspecified atom stereocenters. The first-order valence-corrected chi connectivity index (χ1v) is 5.92. The van der Waals surface area contributed by atoms with E-state index >= 15 is 0 Å². The third-order valence-electron chi connectivity index (χ3n) is 2.97. The highest BCUT2D eigenvalue weighted by molar-refractivity contribution is 5.85. The van der Waals surface area contributed by atoms with Crippen LogP contribution in [0.5, 0.6) is 0 Å². The Bertz CT molecular complexity index is 477. The number of pyridine rings is 1. The summed E-state index contributed by atoms with van der Waals surface area (Å²) >= 11 is 0. The molecular formula is C14H18N2. The maximum atomic E-state index is 5.75. The van der Waals surface area contributed by atoms with Crippen molar-refractivity contribution in [3.05, 3.63) is 41.7 Å². The molecule has 2 nitrogen and oxygen atoms in total. The SMILES string of the molecule is CCCCc1c(CN)ncc2ccccc12. The number of nitrogens with zero attached hydrogens (tertiary/aromatic N) is 1. The van der Waals surface area contributed by atoms with Gasteiger partial charge in [0.05, 0.1) is 5.69 Å². The largest absolute Gasteiger partial charge is 0.325 e. The maximum Gasteiger partial charge on any atom is 0.0577 e. The molecule has 2 heteroatoms. The average Bonchev–Trinajstić information content (AvgIpc) is 2.35. The van der Waals surface area contributed by atoms with Crippen LogP contribution in [0.2, 0.25) is 0 Å². The van der Waals surface area contributed by atoms with E-state index in [2.05, 4.69) is 36.2 Å². The number of unbranched alkanes of at least 4 members (excludes halogenated alkanes) is 1. The second-order valence-corrected chi connectivity index (χ2v) is 4.08. The van der Waals surface area contributed by atoms with E-state index in [1.54, 1.807) is 0 Å². The Morgan fingerprint density at radius 2 is 2.06 bits per heavy atom. The number of nitrogens with two attached hydrogens (primary N) is 1. The highest BCUT2D eigenvalue weighted by atomic mass is 14.7. The van der Waals surface area contributed by atoms with E-state index in [1.807, 2.05) is 6.20 Å². The van der Waals surface area contributed by atoms with Gasteiger partial charge < -0.3 is 5.73 Å². The van der Waals surface area contributed by atoms with Gasteiger partial charge in [0.25, 0.3) is 0 Å². The lowest BCUT2D eigenvalue weighted by Crippen LogP contribution is -2.05. The zero-order valence-electron chi connectivity index (χ0n) is 9.74. The zero-order valence-corrected chi connectivity index (χ0v) is 9.74. The summed E-state index contributed by atoms with van der Waals surface area (Å²) in [6, 6.07) is 8.41. The summed E-state index contributed by atoms with van der Waals surface area (Å²) in [5.74, 6) is 0. The Balaban J connectivity index is 2.54. The van der Waals surface area contributed by atoms with E-state index in [1.165, 1.54) is 29.2 Å². The minimum Gasteiger partial charge on any atom is -0.325 e. The number of aromatic nitrogens is 1. The Labute approximate surface area is 96.5 Å². The molecule has 0 fully saturated rings. The minimum atomic E-state index is 0.532. The lowest BCUT2D eigenvalue weighted by Gasteiger charge is -2.10. The first kappa shape index (κ1) is 11.1. The molecule has 1 aromatic carbocycles. The highest BCUT2D eigenvalue weighted by Gasteiger charge is 2.06. The molecule has 0 aliphatic rings. The van der Waals surface area contributed by atoms with Gasteiger partial charge in [0, 0.05) is 18.1 Å². The van der Waals surface area contributed by atoms with Crippen LogP contribution in [-0.2, 0) is 13.0 Å². The van der Waals surface area contributed by atoms with Crippen molar-refractivity contribution in [3.63, 3.8) is 0 Å². The predicted octanol–water partition coefficient (Wildman–Crippen LogP) is 3.04. The number of hydrogen-bond acceptors (Lipinski definition) is 2. The third-order valence-corrected chi connectivity index (χ3v) is 2.97. The molecule has 2 N–H and O–H groups in total. The topological polar surface area (TPSA) is 38.9 Å². The van der Waals surface area contributed by atoms with Crippen LogP contribution in [0.3, 0.4) is 0 Å². The third kappa shape index (κ3) is 2.07. The van der Waals surface area contributed by atoms with Crippen LogP contribution in [0.15, 0.2) is 30.5 Å². The molecule has 0 aliphatic carbocycles. The van der Waals surface area contributed by atoms with Crippen molar-refractivity contribution in [1.29, 1.82) is 0 Å². The summed E-state index contributed by atoms with van der Waals surface area (Å²) in [5, 5.41) is 2.53. The number of fused-ring (bicyclic) bond motifs is 1. The zero-order chi connectivity index (χ0) is 11.4. The lowest BCUT2D eigenvalue weighted by molar-refractivity contribution is 0.783. The molecule has 16 heavy (non-hydrogen) atoms. The van der Waals surface area contributed by atoms with Crippen molar-refractivity contribution in [3.8, 4) is 0 Å². The smallest absolute Gasteiger partial charge is 0.0577 e. The van der Waals surface area contributed by atoms with Gasteiger partial charge in [-0.15, -0.1) is 0 Å². The van der Waals surface area contributed by atoms with Gasteiger partial charge in [0.2, 0.25) is 0 Å². The Morgan fingerprint density at radius 1 is 1.25 bits per heavy atom.